The fraction of sp³-hybridized carbons (Fsp3) is 0.550. The number of hydrogen-bond acceptors (Lipinski definition) is 5. The third-order valence-corrected chi connectivity index (χ3v) is 5.46. The second-order valence-electron chi connectivity index (χ2n) is 8.76. The van der Waals surface area contributed by atoms with Gasteiger partial charge in [0.25, 0.3) is 5.91 Å². The predicted octanol–water partition coefficient (Wildman–Crippen LogP) is 2.35. The van der Waals surface area contributed by atoms with E-state index in [1.165, 1.54) is 7.11 Å². The number of imide groups is 1. The van der Waals surface area contributed by atoms with Crippen molar-refractivity contribution in [1.29, 1.82) is 0 Å². The van der Waals surface area contributed by atoms with Crippen LogP contribution in [0.5, 0.6) is 5.75 Å². The summed E-state index contributed by atoms with van der Waals surface area (Å²) in [5.74, 6) is 0.0183. The zero-order chi connectivity index (χ0) is 20.7. The maximum absolute atomic E-state index is 13.1. The Kier molecular flexibility index (Phi) is 4.99. The fourth-order valence-electron chi connectivity index (χ4n) is 4.75. The molecule has 8 nitrogen and oxygen atoms in total. The average molecular weight is 388 g/mol. The maximum Gasteiger partial charge on any atom is 0.325 e. The Bertz CT molecular complexity index is 822. The molecule has 4 amide bonds. The molecule has 1 aliphatic carbocycles. The van der Waals surface area contributed by atoms with Gasteiger partial charge in [-0.1, -0.05) is 20.8 Å². The van der Waals surface area contributed by atoms with Gasteiger partial charge < -0.3 is 21.1 Å². The van der Waals surface area contributed by atoms with Gasteiger partial charge in [-0.15, -0.1) is 0 Å². The molecule has 1 aromatic carbocycles. The molecule has 1 aliphatic heterocycles. The summed E-state index contributed by atoms with van der Waals surface area (Å²) in [6, 6.07) is 4.36. The number of carbonyl (C=O) groups is 3. The molecule has 1 saturated carbocycles. The van der Waals surface area contributed by atoms with Crippen LogP contribution in [0, 0.1) is 11.3 Å². The van der Waals surface area contributed by atoms with Gasteiger partial charge in [0.15, 0.2) is 0 Å². The number of nitrogens with one attached hydrogen (secondary N) is 2. The van der Waals surface area contributed by atoms with Crippen molar-refractivity contribution in [2.75, 3.05) is 24.7 Å². The van der Waals surface area contributed by atoms with Crippen LogP contribution in [0.15, 0.2) is 18.2 Å². The Morgan fingerprint density at radius 3 is 2.71 bits per heavy atom. The number of benzene rings is 1. The van der Waals surface area contributed by atoms with E-state index in [-0.39, 0.29) is 17.9 Å². The van der Waals surface area contributed by atoms with Gasteiger partial charge in [0, 0.05) is 6.07 Å². The zero-order valence-electron chi connectivity index (χ0n) is 16.8. The van der Waals surface area contributed by atoms with E-state index in [9.17, 15) is 14.4 Å². The molecule has 28 heavy (non-hydrogen) atoms. The molecule has 2 unspecified atom stereocenters. The first-order valence-electron chi connectivity index (χ1n) is 9.43. The largest absolute Gasteiger partial charge is 0.497 e. The van der Waals surface area contributed by atoms with Crippen LogP contribution in [0.25, 0.3) is 0 Å². The van der Waals surface area contributed by atoms with Crippen molar-refractivity contribution in [3.05, 3.63) is 18.2 Å². The smallest absolute Gasteiger partial charge is 0.325 e. The minimum Gasteiger partial charge on any atom is -0.497 e. The number of nitrogens with two attached hydrogens (primary N) is 1. The van der Waals surface area contributed by atoms with Crippen molar-refractivity contribution in [3.63, 3.8) is 0 Å². The lowest BCUT2D eigenvalue weighted by Gasteiger charge is -2.43. The molecule has 1 spiro atoms. The van der Waals surface area contributed by atoms with E-state index in [1.54, 1.807) is 18.2 Å². The Morgan fingerprint density at radius 1 is 1.36 bits per heavy atom. The normalized spacial score (nSPS) is 26.3. The van der Waals surface area contributed by atoms with Crippen LogP contribution in [0.4, 0.5) is 16.2 Å². The van der Waals surface area contributed by atoms with Gasteiger partial charge in [-0.3, -0.25) is 14.5 Å². The molecule has 2 aliphatic rings. The van der Waals surface area contributed by atoms with E-state index in [4.69, 9.17) is 10.5 Å². The molecule has 0 bridgehead atoms. The van der Waals surface area contributed by atoms with E-state index in [2.05, 4.69) is 31.4 Å². The number of anilines is 2. The van der Waals surface area contributed by atoms with Crippen LogP contribution in [-0.2, 0) is 9.59 Å². The number of carbonyl (C=O) groups excluding carboxylic acids is 3. The van der Waals surface area contributed by atoms with Crippen molar-refractivity contribution >= 4 is 29.2 Å². The summed E-state index contributed by atoms with van der Waals surface area (Å²) in [5.41, 5.74) is 5.64. The summed E-state index contributed by atoms with van der Waals surface area (Å²) < 4.78 is 5.13. The highest BCUT2D eigenvalue weighted by Crippen LogP contribution is 2.46. The number of hydrogen-bond donors (Lipinski definition) is 3. The summed E-state index contributed by atoms with van der Waals surface area (Å²) >= 11 is 0. The lowest BCUT2D eigenvalue weighted by molar-refractivity contribution is -0.136. The SMILES string of the molecule is COc1ccc(N)c(NC(=O)CN2C(=O)NC3(CC(C)CC(C)(C)C3)C2=O)c1. The highest BCUT2D eigenvalue weighted by molar-refractivity contribution is 6.10. The third kappa shape index (κ3) is 3.76. The lowest BCUT2D eigenvalue weighted by Crippen LogP contribution is -2.54. The molecule has 1 heterocycles. The second-order valence-corrected chi connectivity index (χ2v) is 8.76. The van der Waals surface area contributed by atoms with Crippen molar-refractivity contribution in [2.24, 2.45) is 11.3 Å². The number of ether oxygens (including phenoxy) is 1. The van der Waals surface area contributed by atoms with Crippen LogP contribution >= 0.6 is 0 Å². The van der Waals surface area contributed by atoms with E-state index >= 15 is 0 Å². The molecule has 8 heteroatoms. The van der Waals surface area contributed by atoms with Crippen LogP contribution in [0.1, 0.15) is 40.0 Å². The first-order chi connectivity index (χ1) is 13.0. The minimum absolute atomic E-state index is 0.0616. The van der Waals surface area contributed by atoms with Crippen LogP contribution < -0.4 is 21.1 Å². The van der Waals surface area contributed by atoms with E-state index in [1.807, 2.05) is 0 Å². The topological polar surface area (TPSA) is 114 Å². The van der Waals surface area contributed by atoms with Crippen molar-refractivity contribution in [2.45, 2.75) is 45.6 Å². The molecule has 0 aromatic heterocycles. The van der Waals surface area contributed by atoms with Gasteiger partial charge in [0.05, 0.1) is 18.5 Å². The molecule has 2 fully saturated rings. The van der Waals surface area contributed by atoms with Crippen molar-refractivity contribution in [1.82, 2.24) is 10.2 Å². The molecule has 2 atom stereocenters. The van der Waals surface area contributed by atoms with E-state index < -0.39 is 17.5 Å². The Hall–Kier alpha value is -2.77. The molecule has 3 rings (SSSR count). The lowest BCUT2D eigenvalue weighted by atomic mass is 9.64. The molecule has 152 valence electrons. The minimum atomic E-state index is -0.923. The molecular weight excluding hydrogens is 360 g/mol. The number of nitrogen functional groups attached to an aromatic ring is 1. The first kappa shape index (κ1) is 20.0. The summed E-state index contributed by atoms with van der Waals surface area (Å²) in [4.78, 5) is 39.1. The maximum atomic E-state index is 13.1. The highest BCUT2D eigenvalue weighted by Gasteiger charge is 2.56. The van der Waals surface area contributed by atoms with Gasteiger partial charge in [0.2, 0.25) is 5.91 Å². The number of urea groups is 1. The monoisotopic (exact) mass is 388 g/mol. The average Bonchev–Trinajstić information content (AvgIpc) is 2.78. The standard InChI is InChI=1S/C20H28N4O4/c1-12-8-19(2,3)11-20(9-12)17(26)24(18(27)23-20)10-16(25)22-15-7-13(28-4)5-6-14(15)21/h5-7,12H,8-11,21H2,1-4H3,(H,22,25)(H,23,27). The van der Waals surface area contributed by atoms with Crippen molar-refractivity contribution < 1.29 is 19.1 Å². The molecule has 0 radical (unpaired) electrons. The summed E-state index contributed by atoms with van der Waals surface area (Å²) in [6.07, 6.45) is 2.14. The van der Waals surface area contributed by atoms with Crippen LogP contribution in [-0.4, -0.2) is 41.9 Å². The van der Waals surface area contributed by atoms with Gasteiger partial charge >= 0.3 is 6.03 Å². The second kappa shape index (κ2) is 7.00. The third-order valence-electron chi connectivity index (χ3n) is 5.46. The summed E-state index contributed by atoms with van der Waals surface area (Å²) in [5, 5.41) is 5.52. The Morgan fingerprint density at radius 2 is 2.07 bits per heavy atom. The van der Waals surface area contributed by atoms with Gasteiger partial charge in [-0.2, -0.15) is 0 Å². The quantitative estimate of drug-likeness (QED) is 0.541. The van der Waals surface area contributed by atoms with Crippen LogP contribution in [0.3, 0.4) is 0 Å². The molecule has 4 N–H and O–H groups in total. The fourth-order valence-corrected chi connectivity index (χ4v) is 4.75. The summed E-state index contributed by atoms with van der Waals surface area (Å²) in [6.45, 7) is 5.93. The van der Waals surface area contributed by atoms with E-state index in [0.29, 0.717) is 35.9 Å². The predicted molar refractivity (Wildman–Crippen MR) is 106 cm³/mol. The number of amides is 4. The Labute approximate surface area is 164 Å². The zero-order valence-corrected chi connectivity index (χ0v) is 16.8. The number of nitrogens with zero attached hydrogens (tertiary/aromatic N) is 1. The molecular formula is C20H28N4O4. The number of rotatable bonds is 4. The van der Waals surface area contributed by atoms with Gasteiger partial charge in [0.1, 0.15) is 17.8 Å². The van der Waals surface area contributed by atoms with Gasteiger partial charge in [-0.05, 0) is 42.7 Å². The Balaban J connectivity index is 1.73. The highest BCUT2D eigenvalue weighted by atomic mass is 16.5. The van der Waals surface area contributed by atoms with Crippen LogP contribution in [0.2, 0.25) is 0 Å². The van der Waals surface area contributed by atoms with Crippen molar-refractivity contribution in [3.8, 4) is 5.75 Å². The molecule has 1 saturated heterocycles. The van der Waals surface area contributed by atoms with E-state index in [0.717, 1.165) is 11.3 Å². The van der Waals surface area contributed by atoms with Gasteiger partial charge in [-0.25, -0.2) is 4.79 Å². The summed E-state index contributed by atoms with van der Waals surface area (Å²) in [7, 11) is 1.51. The molecule has 1 aromatic rings. The first-order valence-corrected chi connectivity index (χ1v) is 9.43. The number of methoxy groups -OCH3 is 1.